The maximum absolute atomic E-state index is 6.81. The second-order valence-corrected chi connectivity index (χ2v) is 10.3. The third kappa shape index (κ3) is 3.74. The van der Waals surface area contributed by atoms with Crippen LogP contribution in [0.1, 0.15) is 30.5 Å². The van der Waals surface area contributed by atoms with Crippen LogP contribution in [0.5, 0.6) is 5.75 Å². The minimum atomic E-state index is -2.44. The Balaban J connectivity index is 2.17. The Morgan fingerprint density at radius 3 is 2.38 bits per heavy atom. The number of nitrogens with one attached hydrogen (secondary N) is 1. The highest BCUT2D eigenvalue weighted by molar-refractivity contribution is 7.96. The molecule has 2 aromatic carbocycles. The minimum Gasteiger partial charge on any atom is -0.307 e. The summed E-state index contributed by atoms with van der Waals surface area (Å²) < 4.78 is 6.15. The second kappa shape index (κ2) is 6.86. The van der Waals surface area contributed by atoms with Crippen molar-refractivity contribution in [2.24, 2.45) is 0 Å². The van der Waals surface area contributed by atoms with E-state index in [1.165, 1.54) is 0 Å². The smallest absolute Gasteiger partial charge is 0.307 e. The summed E-state index contributed by atoms with van der Waals surface area (Å²) in [7, 11) is 0. The van der Waals surface area contributed by atoms with Crippen LogP contribution in [0.3, 0.4) is 0 Å². The van der Waals surface area contributed by atoms with E-state index in [0.717, 1.165) is 28.0 Å². The van der Waals surface area contributed by atoms with Gasteiger partial charge in [0.25, 0.3) is 0 Å². The predicted molar refractivity (Wildman–Crippen MR) is 106 cm³/mol. The number of aryl methyl sites for hydroxylation is 1. The molecule has 3 rings (SSSR count). The van der Waals surface area contributed by atoms with E-state index in [2.05, 4.69) is 5.09 Å². The van der Waals surface area contributed by atoms with Crippen molar-refractivity contribution in [3.8, 4) is 5.75 Å². The number of hydrogen-bond donors (Lipinski definition) is 1. The van der Waals surface area contributed by atoms with Crippen molar-refractivity contribution in [2.75, 3.05) is 0 Å². The molecule has 2 aromatic rings. The van der Waals surface area contributed by atoms with Crippen LogP contribution in [0.2, 0.25) is 10.0 Å². The van der Waals surface area contributed by atoms with E-state index in [9.17, 15) is 0 Å². The number of rotatable bonds is 3. The van der Waals surface area contributed by atoms with Gasteiger partial charge in [0.05, 0.1) is 0 Å². The number of fused-ring (bicyclic) bond motifs is 1. The van der Waals surface area contributed by atoms with Crippen molar-refractivity contribution in [3.05, 3.63) is 69.0 Å². The average Bonchev–Trinajstić information content (AvgIpc) is 2.48. The third-order valence-electron chi connectivity index (χ3n) is 3.67. The van der Waals surface area contributed by atoms with E-state index >= 15 is 0 Å². The monoisotopic (exact) mass is 400 g/mol. The molecule has 0 amide bonds. The molecule has 2 nitrogen and oxygen atoms in total. The molecule has 1 heterocycles. The summed E-state index contributed by atoms with van der Waals surface area (Å²) >= 11 is 19.2. The van der Waals surface area contributed by atoms with Crippen LogP contribution in [-0.4, -0.2) is 6.04 Å². The summed E-state index contributed by atoms with van der Waals surface area (Å²) in [6, 6.07) is 11.8. The van der Waals surface area contributed by atoms with Crippen LogP contribution in [0.25, 0.3) is 5.57 Å². The van der Waals surface area contributed by atoms with Crippen molar-refractivity contribution in [1.82, 2.24) is 5.09 Å². The standard InChI is InChI=1S/C18H18Cl3NOP/c1-11(2)22-24(21)10-16(13-4-6-14(19)7-5-13)15-9-17(20)12(3)8-18(15)23-24/h4-11,22H,1-3H3/q+1. The van der Waals surface area contributed by atoms with Crippen LogP contribution in [0.4, 0.5) is 0 Å². The zero-order chi connectivity index (χ0) is 17.5. The van der Waals surface area contributed by atoms with Gasteiger partial charge in [0.2, 0.25) is 0 Å². The van der Waals surface area contributed by atoms with Crippen molar-refractivity contribution in [2.45, 2.75) is 26.8 Å². The second-order valence-electron chi connectivity index (χ2n) is 6.10. The first-order valence-electron chi connectivity index (χ1n) is 7.62. The van der Waals surface area contributed by atoms with Crippen LogP contribution >= 0.6 is 41.4 Å². The first kappa shape index (κ1) is 18.0. The molecule has 0 spiro atoms. The fraction of sp³-hybridized carbons (Fsp3) is 0.222. The molecule has 0 saturated carbocycles. The van der Waals surface area contributed by atoms with E-state index in [4.69, 9.17) is 39.0 Å². The molecule has 1 N–H and O–H groups in total. The Bertz CT molecular complexity index is 805. The highest BCUT2D eigenvalue weighted by Gasteiger charge is 2.44. The maximum atomic E-state index is 6.81. The van der Waals surface area contributed by atoms with E-state index in [1.807, 2.05) is 63.0 Å². The highest BCUT2D eigenvalue weighted by Crippen LogP contribution is 2.67. The Labute approximate surface area is 158 Å². The molecule has 24 heavy (non-hydrogen) atoms. The van der Waals surface area contributed by atoms with Crippen LogP contribution in [0.15, 0.2) is 42.2 Å². The molecule has 0 fully saturated rings. The molecule has 0 bridgehead atoms. The third-order valence-corrected chi connectivity index (χ3v) is 7.04. The Kier molecular flexibility index (Phi) is 5.16. The lowest BCUT2D eigenvalue weighted by molar-refractivity contribution is 0.580. The molecule has 126 valence electrons. The fourth-order valence-electron chi connectivity index (χ4n) is 2.62. The topological polar surface area (TPSA) is 21.3 Å². The number of halogens is 3. The lowest BCUT2D eigenvalue weighted by atomic mass is 9.97. The van der Waals surface area contributed by atoms with Crippen molar-refractivity contribution < 1.29 is 4.52 Å². The van der Waals surface area contributed by atoms with Gasteiger partial charge in [-0.05, 0) is 56.2 Å². The molecule has 1 unspecified atom stereocenters. The predicted octanol–water partition coefficient (Wildman–Crippen LogP) is 7.08. The lowest BCUT2D eigenvalue weighted by Crippen LogP contribution is -2.24. The van der Waals surface area contributed by atoms with Gasteiger partial charge in [-0.15, -0.1) is 5.09 Å². The first-order valence-corrected chi connectivity index (χ1v) is 11.1. The van der Waals surface area contributed by atoms with Crippen molar-refractivity contribution in [1.29, 1.82) is 0 Å². The molecule has 0 aromatic heterocycles. The Morgan fingerprint density at radius 2 is 1.75 bits per heavy atom. The zero-order valence-electron chi connectivity index (χ0n) is 13.6. The highest BCUT2D eigenvalue weighted by atomic mass is 35.7. The van der Waals surface area contributed by atoms with Crippen LogP contribution in [-0.2, 0) is 0 Å². The summed E-state index contributed by atoms with van der Waals surface area (Å²) in [5.41, 5.74) is 3.93. The molecule has 1 atom stereocenters. The zero-order valence-corrected chi connectivity index (χ0v) is 16.8. The van der Waals surface area contributed by atoms with E-state index in [0.29, 0.717) is 10.0 Å². The van der Waals surface area contributed by atoms with Crippen LogP contribution in [0, 0.1) is 6.92 Å². The first-order chi connectivity index (χ1) is 11.3. The summed E-state index contributed by atoms with van der Waals surface area (Å²) in [6.07, 6.45) is 0. The summed E-state index contributed by atoms with van der Waals surface area (Å²) in [6.45, 7) is 3.61. The molecule has 6 heteroatoms. The molecule has 1 aliphatic heterocycles. The summed E-state index contributed by atoms with van der Waals surface area (Å²) in [5.74, 6) is 2.74. The quantitative estimate of drug-likeness (QED) is 0.555. The van der Waals surface area contributed by atoms with Gasteiger partial charge >= 0.3 is 6.99 Å². The lowest BCUT2D eigenvalue weighted by Gasteiger charge is -2.25. The fourth-order valence-corrected chi connectivity index (χ4v) is 5.95. The largest absolute Gasteiger partial charge is 0.384 e. The number of hydrogen-bond acceptors (Lipinski definition) is 2. The molecular formula is C18H18Cl3NOP+. The van der Waals surface area contributed by atoms with Gasteiger partial charge in [-0.1, -0.05) is 35.3 Å². The molecular weight excluding hydrogens is 384 g/mol. The molecule has 0 radical (unpaired) electrons. The van der Waals surface area contributed by atoms with Gasteiger partial charge < -0.3 is 4.52 Å². The van der Waals surface area contributed by atoms with Gasteiger partial charge in [0.1, 0.15) is 5.82 Å². The average molecular weight is 402 g/mol. The van der Waals surface area contributed by atoms with Crippen molar-refractivity contribution >= 4 is 47.0 Å². The summed E-state index contributed by atoms with van der Waals surface area (Å²) in [5, 5.41) is 4.76. The van der Waals surface area contributed by atoms with E-state index in [-0.39, 0.29) is 6.04 Å². The van der Waals surface area contributed by atoms with Gasteiger partial charge in [-0.3, -0.25) is 0 Å². The maximum Gasteiger partial charge on any atom is 0.384 e. The van der Waals surface area contributed by atoms with E-state index < -0.39 is 6.99 Å². The molecule has 1 aliphatic rings. The summed E-state index contributed by atoms with van der Waals surface area (Å²) in [4.78, 5) is 0. The SMILES string of the molecule is Cc1cc2c(cc1Cl)C(c1ccc(Cl)cc1)=C[P+](Cl)(NC(C)C)O2. The van der Waals surface area contributed by atoms with Gasteiger partial charge in [0.15, 0.2) is 17.0 Å². The Hall–Kier alpha value is -0.760. The van der Waals surface area contributed by atoms with Gasteiger partial charge in [-0.25, -0.2) is 0 Å². The molecule has 0 aliphatic carbocycles. The van der Waals surface area contributed by atoms with E-state index in [1.54, 1.807) is 0 Å². The number of benzene rings is 2. The normalized spacial score (nSPS) is 19.7. The molecule has 0 saturated heterocycles. The van der Waals surface area contributed by atoms with Gasteiger partial charge in [-0.2, -0.15) is 0 Å². The van der Waals surface area contributed by atoms with Crippen molar-refractivity contribution in [3.63, 3.8) is 0 Å². The Morgan fingerprint density at radius 1 is 1.08 bits per heavy atom. The van der Waals surface area contributed by atoms with Gasteiger partial charge in [0, 0.05) is 27.2 Å². The minimum absolute atomic E-state index is 0.202. The van der Waals surface area contributed by atoms with Crippen LogP contribution < -0.4 is 9.61 Å².